The molecule has 1 aliphatic heterocycles. The summed E-state index contributed by atoms with van der Waals surface area (Å²) in [5.74, 6) is 1.16. The number of ether oxygens (including phenoxy) is 1. The van der Waals surface area contributed by atoms with Crippen LogP contribution in [0, 0.1) is 5.41 Å². The molecule has 1 aliphatic rings. The van der Waals surface area contributed by atoms with E-state index in [0.29, 0.717) is 17.0 Å². The van der Waals surface area contributed by atoms with Crippen molar-refractivity contribution in [2.24, 2.45) is 5.41 Å². The van der Waals surface area contributed by atoms with Gasteiger partial charge in [0.15, 0.2) is 0 Å². The van der Waals surface area contributed by atoms with Crippen molar-refractivity contribution in [1.29, 1.82) is 0 Å². The van der Waals surface area contributed by atoms with Crippen LogP contribution in [0.4, 0.5) is 0 Å². The normalized spacial score (nSPS) is 34.0. The highest BCUT2D eigenvalue weighted by atomic mass is 32.2. The zero-order chi connectivity index (χ0) is 9.19. The van der Waals surface area contributed by atoms with E-state index < -0.39 is 0 Å². The molecule has 0 bridgehead atoms. The first kappa shape index (κ1) is 10.4. The van der Waals surface area contributed by atoms with Gasteiger partial charge >= 0.3 is 0 Å². The molecule has 2 heteroatoms. The van der Waals surface area contributed by atoms with Crippen molar-refractivity contribution in [1.82, 2.24) is 0 Å². The van der Waals surface area contributed by atoms with Gasteiger partial charge in [-0.3, -0.25) is 0 Å². The Labute approximate surface area is 80.3 Å². The van der Waals surface area contributed by atoms with E-state index in [0.717, 1.165) is 12.2 Å². The first-order valence-corrected chi connectivity index (χ1v) is 5.92. The monoisotopic (exact) mass is 188 g/mol. The Morgan fingerprint density at radius 3 is 2.50 bits per heavy atom. The van der Waals surface area contributed by atoms with Gasteiger partial charge in [-0.2, -0.15) is 0 Å². The Hall–Kier alpha value is 0.310. The third kappa shape index (κ3) is 2.17. The molecule has 0 radical (unpaired) electrons. The van der Waals surface area contributed by atoms with Gasteiger partial charge in [0.25, 0.3) is 0 Å². The molecule has 72 valence electrons. The SMILES string of the molecule is CCSC1CC(C)(C)[C@@H](CC)O1. The van der Waals surface area contributed by atoms with E-state index in [2.05, 4.69) is 27.7 Å². The van der Waals surface area contributed by atoms with Gasteiger partial charge in [-0.1, -0.05) is 27.7 Å². The Morgan fingerprint density at radius 1 is 1.42 bits per heavy atom. The summed E-state index contributed by atoms with van der Waals surface area (Å²) >= 11 is 1.94. The molecule has 0 spiro atoms. The predicted molar refractivity (Wildman–Crippen MR) is 55.5 cm³/mol. The Balaban J connectivity index is 2.48. The molecule has 0 saturated carbocycles. The van der Waals surface area contributed by atoms with Crippen LogP contribution >= 0.6 is 11.8 Å². The van der Waals surface area contributed by atoms with Crippen molar-refractivity contribution in [2.75, 3.05) is 5.75 Å². The highest BCUT2D eigenvalue weighted by Crippen LogP contribution is 2.42. The van der Waals surface area contributed by atoms with E-state index >= 15 is 0 Å². The molecule has 0 N–H and O–H groups in total. The second-order valence-corrected chi connectivity index (χ2v) is 5.55. The fraction of sp³-hybridized carbons (Fsp3) is 1.00. The maximum absolute atomic E-state index is 5.93. The van der Waals surface area contributed by atoms with Gasteiger partial charge in [-0.05, 0) is 24.0 Å². The number of thioether (sulfide) groups is 1. The molecule has 1 saturated heterocycles. The fourth-order valence-electron chi connectivity index (χ4n) is 1.91. The highest BCUT2D eigenvalue weighted by Gasteiger charge is 2.40. The largest absolute Gasteiger partial charge is 0.364 e. The molecule has 1 nitrogen and oxygen atoms in total. The first-order chi connectivity index (χ1) is 5.60. The molecular formula is C10H20OS. The molecule has 2 atom stereocenters. The molecule has 0 aromatic carbocycles. The lowest BCUT2D eigenvalue weighted by molar-refractivity contribution is 0.0496. The Bertz CT molecular complexity index is 145. The van der Waals surface area contributed by atoms with Gasteiger partial charge < -0.3 is 4.74 Å². The number of rotatable bonds is 3. The Kier molecular flexibility index (Phi) is 3.47. The Morgan fingerprint density at radius 2 is 2.08 bits per heavy atom. The average molecular weight is 188 g/mol. The van der Waals surface area contributed by atoms with Gasteiger partial charge in [-0.25, -0.2) is 0 Å². The van der Waals surface area contributed by atoms with Gasteiger partial charge in [0.1, 0.15) is 5.44 Å². The van der Waals surface area contributed by atoms with Crippen molar-refractivity contribution in [2.45, 2.75) is 52.1 Å². The van der Waals surface area contributed by atoms with E-state index in [9.17, 15) is 0 Å². The summed E-state index contributed by atoms with van der Waals surface area (Å²) in [5, 5.41) is 0. The summed E-state index contributed by atoms with van der Waals surface area (Å²) < 4.78 is 5.93. The maximum Gasteiger partial charge on any atom is 0.104 e. The minimum atomic E-state index is 0.390. The van der Waals surface area contributed by atoms with E-state index in [4.69, 9.17) is 4.74 Å². The quantitative estimate of drug-likeness (QED) is 0.672. The summed E-state index contributed by atoms with van der Waals surface area (Å²) in [6.07, 6.45) is 2.83. The van der Waals surface area contributed by atoms with Crippen LogP contribution in [0.3, 0.4) is 0 Å². The molecule has 1 fully saturated rings. The van der Waals surface area contributed by atoms with E-state index in [1.54, 1.807) is 0 Å². The average Bonchev–Trinajstić information content (AvgIpc) is 2.25. The van der Waals surface area contributed by atoms with Crippen molar-refractivity contribution < 1.29 is 4.74 Å². The predicted octanol–water partition coefficient (Wildman–Crippen LogP) is 3.29. The lowest BCUT2D eigenvalue weighted by Gasteiger charge is -2.23. The van der Waals surface area contributed by atoms with Crippen molar-refractivity contribution >= 4 is 11.8 Å². The number of hydrogen-bond acceptors (Lipinski definition) is 2. The fourth-order valence-corrected chi connectivity index (χ4v) is 3.04. The molecular weight excluding hydrogens is 168 g/mol. The third-order valence-electron chi connectivity index (χ3n) is 2.60. The molecule has 0 aromatic rings. The van der Waals surface area contributed by atoms with Crippen LogP contribution in [0.15, 0.2) is 0 Å². The second kappa shape index (κ2) is 4.01. The molecule has 1 heterocycles. The summed E-state index contributed by atoms with van der Waals surface area (Å²) in [6, 6.07) is 0. The molecule has 0 aromatic heterocycles. The third-order valence-corrected chi connectivity index (χ3v) is 3.59. The number of hydrogen-bond donors (Lipinski definition) is 0. The maximum atomic E-state index is 5.93. The van der Waals surface area contributed by atoms with Crippen molar-refractivity contribution in [3.8, 4) is 0 Å². The van der Waals surface area contributed by atoms with Crippen LogP contribution in [0.5, 0.6) is 0 Å². The highest BCUT2D eigenvalue weighted by molar-refractivity contribution is 7.99. The van der Waals surface area contributed by atoms with Crippen molar-refractivity contribution in [3.05, 3.63) is 0 Å². The van der Waals surface area contributed by atoms with Crippen LogP contribution in [0.25, 0.3) is 0 Å². The van der Waals surface area contributed by atoms with E-state index in [1.165, 1.54) is 6.42 Å². The van der Waals surface area contributed by atoms with Gasteiger partial charge in [0, 0.05) is 0 Å². The molecule has 12 heavy (non-hydrogen) atoms. The van der Waals surface area contributed by atoms with Gasteiger partial charge in [0.2, 0.25) is 0 Å². The topological polar surface area (TPSA) is 9.23 Å². The summed E-state index contributed by atoms with van der Waals surface area (Å²) in [5.41, 5.74) is 0.844. The summed E-state index contributed by atoms with van der Waals surface area (Å²) in [6.45, 7) is 9.04. The lowest BCUT2D eigenvalue weighted by Crippen LogP contribution is -2.22. The smallest absolute Gasteiger partial charge is 0.104 e. The van der Waals surface area contributed by atoms with Crippen LogP contribution in [-0.4, -0.2) is 17.3 Å². The van der Waals surface area contributed by atoms with Crippen LogP contribution in [-0.2, 0) is 4.74 Å². The molecule has 1 rings (SSSR count). The minimum absolute atomic E-state index is 0.390. The zero-order valence-corrected chi connectivity index (χ0v) is 9.41. The second-order valence-electron chi connectivity index (χ2n) is 4.11. The van der Waals surface area contributed by atoms with Crippen LogP contribution < -0.4 is 0 Å². The molecule has 0 aliphatic carbocycles. The van der Waals surface area contributed by atoms with E-state index in [-0.39, 0.29) is 0 Å². The van der Waals surface area contributed by atoms with Crippen LogP contribution in [0.2, 0.25) is 0 Å². The minimum Gasteiger partial charge on any atom is -0.364 e. The van der Waals surface area contributed by atoms with Crippen LogP contribution in [0.1, 0.15) is 40.5 Å². The molecule has 1 unspecified atom stereocenters. The first-order valence-electron chi connectivity index (χ1n) is 4.87. The standard InChI is InChI=1S/C10H20OS/c1-5-8-10(3,4)7-9(11-8)12-6-2/h8-9H,5-7H2,1-4H3/t8-,9?/m1/s1. The van der Waals surface area contributed by atoms with E-state index in [1.807, 2.05) is 11.8 Å². The van der Waals surface area contributed by atoms with Gasteiger partial charge in [0.05, 0.1) is 6.10 Å². The molecule has 0 amide bonds. The summed E-state index contributed by atoms with van der Waals surface area (Å²) in [7, 11) is 0. The van der Waals surface area contributed by atoms with Crippen molar-refractivity contribution in [3.63, 3.8) is 0 Å². The summed E-state index contributed by atoms with van der Waals surface area (Å²) in [4.78, 5) is 0. The lowest BCUT2D eigenvalue weighted by atomic mass is 9.84. The zero-order valence-electron chi connectivity index (χ0n) is 8.59. The van der Waals surface area contributed by atoms with Gasteiger partial charge in [-0.15, -0.1) is 11.8 Å².